The zero-order valence-electron chi connectivity index (χ0n) is 10.1. The Morgan fingerprint density at radius 1 is 1.41 bits per heavy atom. The Bertz CT molecular complexity index is 387. The third-order valence-electron chi connectivity index (χ3n) is 2.74. The molecular weight excluding hydrogens is 220 g/mol. The van der Waals surface area contributed by atoms with Crippen LogP contribution in [0.2, 0.25) is 0 Å². The van der Waals surface area contributed by atoms with Crippen molar-refractivity contribution in [2.45, 2.75) is 26.4 Å². The molecule has 1 aromatic carbocycles. The topological polar surface area (TPSA) is 66.8 Å². The summed E-state index contributed by atoms with van der Waals surface area (Å²) in [7, 11) is 0. The lowest BCUT2D eigenvalue weighted by molar-refractivity contribution is -0.151. The third-order valence-corrected chi connectivity index (χ3v) is 2.74. The van der Waals surface area contributed by atoms with Crippen molar-refractivity contribution in [3.63, 3.8) is 0 Å². The molecule has 4 heteroatoms. The molecule has 0 saturated heterocycles. The summed E-state index contributed by atoms with van der Waals surface area (Å²) in [5.41, 5.74) is 2.65. The predicted molar refractivity (Wildman–Crippen MR) is 63.9 cm³/mol. The molecule has 2 N–H and O–H groups in total. The van der Waals surface area contributed by atoms with Gasteiger partial charge in [-0.1, -0.05) is 18.2 Å². The van der Waals surface area contributed by atoms with Crippen LogP contribution in [-0.4, -0.2) is 29.4 Å². The van der Waals surface area contributed by atoms with Crippen molar-refractivity contribution < 1.29 is 19.7 Å². The van der Waals surface area contributed by atoms with E-state index in [2.05, 4.69) is 0 Å². The van der Waals surface area contributed by atoms with Crippen LogP contribution < -0.4 is 0 Å². The van der Waals surface area contributed by atoms with E-state index in [4.69, 9.17) is 14.9 Å². The van der Waals surface area contributed by atoms with E-state index in [1.165, 1.54) is 0 Å². The minimum atomic E-state index is -1.00. The minimum absolute atomic E-state index is 0.000855. The molecule has 0 aromatic heterocycles. The fraction of sp³-hybridized carbons (Fsp3) is 0.462. The number of benzene rings is 1. The molecule has 1 atom stereocenters. The molecule has 0 spiro atoms. The highest BCUT2D eigenvalue weighted by molar-refractivity contribution is 5.75. The minimum Gasteiger partial charge on any atom is -0.479 e. The third kappa shape index (κ3) is 3.54. The number of hydrogen-bond acceptors (Lipinski definition) is 3. The highest BCUT2D eigenvalue weighted by Crippen LogP contribution is 2.23. The van der Waals surface area contributed by atoms with Crippen LogP contribution in [-0.2, 0) is 9.53 Å². The molecule has 1 rings (SSSR count). The lowest BCUT2D eigenvalue weighted by atomic mass is 9.99. The van der Waals surface area contributed by atoms with Crippen molar-refractivity contribution in [2.24, 2.45) is 0 Å². The molecule has 94 valence electrons. The molecule has 1 unspecified atom stereocenters. The summed E-state index contributed by atoms with van der Waals surface area (Å²) in [5, 5.41) is 17.8. The number of carboxylic acids is 1. The van der Waals surface area contributed by atoms with Gasteiger partial charge in [-0.25, -0.2) is 4.79 Å². The SMILES string of the molecule is Cc1cccc(C(OCCCO)C(=O)O)c1C. The number of aliphatic hydroxyl groups is 1. The van der Waals surface area contributed by atoms with E-state index in [1.54, 1.807) is 6.07 Å². The van der Waals surface area contributed by atoms with Gasteiger partial charge in [-0.3, -0.25) is 0 Å². The zero-order chi connectivity index (χ0) is 12.8. The van der Waals surface area contributed by atoms with E-state index >= 15 is 0 Å². The van der Waals surface area contributed by atoms with Gasteiger partial charge in [-0.05, 0) is 37.0 Å². The van der Waals surface area contributed by atoms with Gasteiger partial charge in [-0.2, -0.15) is 0 Å². The lowest BCUT2D eigenvalue weighted by Gasteiger charge is -2.17. The molecule has 17 heavy (non-hydrogen) atoms. The standard InChI is InChI=1S/C13H18O4/c1-9-5-3-6-11(10(9)2)12(13(15)16)17-8-4-7-14/h3,5-6,12,14H,4,7-8H2,1-2H3,(H,15,16). The van der Waals surface area contributed by atoms with Crippen LogP contribution in [0.5, 0.6) is 0 Å². The van der Waals surface area contributed by atoms with Gasteiger partial charge in [-0.15, -0.1) is 0 Å². The maximum absolute atomic E-state index is 11.2. The first-order chi connectivity index (χ1) is 8.07. The maximum Gasteiger partial charge on any atom is 0.337 e. The molecule has 1 aromatic rings. The van der Waals surface area contributed by atoms with Gasteiger partial charge in [0.15, 0.2) is 6.10 Å². The van der Waals surface area contributed by atoms with Crippen LogP contribution in [0.25, 0.3) is 0 Å². The van der Waals surface area contributed by atoms with Gasteiger partial charge in [0.25, 0.3) is 0 Å². The Morgan fingerprint density at radius 3 is 2.71 bits per heavy atom. The first-order valence-electron chi connectivity index (χ1n) is 5.59. The Hall–Kier alpha value is -1.39. The Balaban J connectivity index is 2.90. The molecule has 0 fully saturated rings. The molecule has 4 nitrogen and oxygen atoms in total. The number of carbonyl (C=O) groups is 1. The summed E-state index contributed by atoms with van der Waals surface area (Å²) < 4.78 is 5.31. The largest absolute Gasteiger partial charge is 0.479 e. The number of hydrogen-bond donors (Lipinski definition) is 2. The van der Waals surface area contributed by atoms with Crippen LogP contribution in [0.3, 0.4) is 0 Å². The molecule has 0 saturated carbocycles. The monoisotopic (exact) mass is 238 g/mol. The van der Waals surface area contributed by atoms with Crippen LogP contribution in [0, 0.1) is 13.8 Å². The van der Waals surface area contributed by atoms with E-state index in [9.17, 15) is 4.79 Å². The van der Waals surface area contributed by atoms with Crippen molar-refractivity contribution in [1.29, 1.82) is 0 Å². The van der Waals surface area contributed by atoms with Gasteiger partial charge in [0.2, 0.25) is 0 Å². The summed E-state index contributed by atoms with van der Waals surface area (Å²) in [6.45, 7) is 4.06. The van der Waals surface area contributed by atoms with Crippen LogP contribution >= 0.6 is 0 Å². The average Bonchev–Trinajstić information content (AvgIpc) is 2.29. The summed E-state index contributed by atoms with van der Waals surface area (Å²) in [6, 6.07) is 5.52. The van der Waals surface area contributed by atoms with Crippen molar-refractivity contribution in [1.82, 2.24) is 0 Å². The number of rotatable bonds is 6. The van der Waals surface area contributed by atoms with E-state index < -0.39 is 12.1 Å². The number of aliphatic carboxylic acids is 1. The van der Waals surface area contributed by atoms with E-state index in [-0.39, 0.29) is 13.2 Å². The van der Waals surface area contributed by atoms with Gasteiger partial charge in [0.1, 0.15) is 0 Å². The number of carboxylic acid groups (broad SMARTS) is 1. The second-order valence-corrected chi connectivity index (χ2v) is 3.96. The van der Waals surface area contributed by atoms with Crippen molar-refractivity contribution in [3.05, 3.63) is 34.9 Å². The predicted octanol–water partition coefficient (Wildman–Crippen LogP) is 1.83. The average molecular weight is 238 g/mol. The second-order valence-electron chi connectivity index (χ2n) is 3.96. The summed E-state index contributed by atoms with van der Waals surface area (Å²) in [5.74, 6) is -1.00. The van der Waals surface area contributed by atoms with Crippen LogP contribution in [0.4, 0.5) is 0 Å². The van der Waals surface area contributed by atoms with Crippen molar-refractivity contribution in [2.75, 3.05) is 13.2 Å². The van der Waals surface area contributed by atoms with Crippen molar-refractivity contribution in [3.8, 4) is 0 Å². The maximum atomic E-state index is 11.2. The summed E-state index contributed by atoms with van der Waals surface area (Å²) in [6.07, 6.45) is -0.518. The van der Waals surface area contributed by atoms with Gasteiger partial charge in [0.05, 0.1) is 6.61 Å². The highest BCUT2D eigenvalue weighted by Gasteiger charge is 2.22. The first kappa shape index (κ1) is 13.7. The van der Waals surface area contributed by atoms with Gasteiger partial charge >= 0.3 is 5.97 Å². The lowest BCUT2D eigenvalue weighted by Crippen LogP contribution is -2.17. The normalized spacial score (nSPS) is 12.4. The number of aliphatic hydroxyl groups excluding tert-OH is 1. The Labute approximate surface area is 101 Å². The molecule has 0 bridgehead atoms. The second kappa shape index (κ2) is 6.37. The quantitative estimate of drug-likeness (QED) is 0.742. The fourth-order valence-electron chi connectivity index (χ4n) is 1.62. The molecule has 0 radical (unpaired) electrons. The smallest absolute Gasteiger partial charge is 0.337 e. The molecule has 0 amide bonds. The Morgan fingerprint density at radius 2 is 2.12 bits per heavy atom. The molecule has 0 aliphatic heterocycles. The number of ether oxygens (including phenoxy) is 1. The van der Waals surface area contributed by atoms with E-state index in [1.807, 2.05) is 26.0 Å². The van der Waals surface area contributed by atoms with Gasteiger partial charge < -0.3 is 14.9 Å². The molecular formula is C13H18O4. The number of aryl methyl sites for hydroxylation is 1. The molecule has 0 aliphatic rings. The molecule has 0 aliphatic carbocycles. The first-order valence-corrected chi connectivity index (χ1v) is 5.59. The highest BCUT2D eigenvalue weighted by atomic mass is 16.5. The summed E-state index contributed by atoms with van der Waals surface area (Å²) in [4.78, 5) is 11.2. The zero-order valence-corrected chi connectivity index (χ0v) is 10.1. The van der Waals surface area contributed by atoms with Gasteiger partial charge in [0, 0.05) is 6.61 Å². The molecule has 0 heterocycles. The fourth-order valence-corrected chi connectivity index (χ4v) is 1.62. The van der Waals surface area contributed by atoms with E-state index in [0.717, 1.165) is 11.1 Å². The summed E-state index contributed by atoms with van der Waals surface area (Å²) >= 11 is 0. The Kier molecular flexibility index (Phi) is 5.12. The van der Waals surface area contributed by atoms with Crippen molar-refractivity contribution >= 4 is 5.97 Å². The van der Waals surface area contributed by atoms with Crippen LogP contribution in [0.1, 0.15) is 29.2 Å². The van der Waals surface area contributed by atoms with E-state index in [0.29, 0.717) is 12.0 Å². The van der Waals surface area contributed by atoms with Crippen LogP contribution in [0.15, 0.2) is 18.2 Å².